The minimum atomic E-state index is -0.453. The van der Waals surface area contributed by atoms with Crippen molar-refractivity contribution < 1.29 is 19.0 Å². The van der Waals surface area contributed by atoms with Crippen molar-refractivity contribution >= 4 is 11.6 Å². The first-order valence-electron chi connectivity index (χ1n) is 7.04. The highest BCUT2D eigenvalue weighted by atomic mass is 16.5. The Hall–Kier alpha value is -1.79. The first kappa shape index (κ1) is 15.6. The van der Waals surface area contributed by atoms with Crippen molar-refractivity contribution in [2.75, 3.05) is 39.2 Å². The third-order valence-electron chi connectivity index (χ3n) is 3.66. The fourth-order valence-electron chi connectivity index (χ4n) is 2.36. The van der Waals surface area contributed by atoms with E-state index in [0.29, 0.717) is 43.4 Å². The van der Waals surface area contributed by atoms with Gasteiger partial charge in [0.25, 0.3) is 5.91 Å². The summed E-state index contributed by atoms with van der Waals surface area (Å²) in [6.07, 6.45) is 0.756. The minimum Gasteiger partial charge on any atom is -0.493 e. The Morgan fingerprint density at radius 1 is 1.52 bits per heavy atom. The van der Waals surface area contributed by atoms with E-state index in [4.69, 9.17) is 19.9 Å². The molecule has 1 aliphatic heterocycles. The average molecular weight is 294 g/mol. The van der Waals surface area contributed by atoms with E-state index in [2.05, 4.69) is 5.32 Å². The van der Waals surface area contributed by atoms with Crippen molar-refractivity contribution in [1.82, 2.24) is 5.32 Å². The molecule has 1 amide bonds. The van der Waals surface area contributed by atoms with Crippen molar-refractivity contribution in [3.05, 3.63) is 23.8 Å². The van der Waals surface area contributed by atoms with Crippen LogP contribution in [0.25, 0.3) is 0 Å². The van der Waals surface area contributed by atoms with Gasteiger partial charge in [-0.25, -0.2) is 0 Å². The monoisotopic (exact) mass is 294 g/mol. The topological polar surface area (TPSA) is 82.8 Å². The Morgan fingerprint density at radius 3 is 2.95 bits per heavy atom. The number of methoxy groups -OCH3 is 1. The molecule has 21 heavy (non-hydrogen) atoms. The summed E-state index contributed by atoms with van der Waals surface area (Å²) in [5.74, 6) is 0.226. The van der Waals surface area contributed by atoms with Crippen LogP contribution in [-0.4, -0.2) is 45.0 Å². The van der Waals surface area contributed by atoms with Gasteiger partial charge in [-0.15, -0.1) is 0 Å². The van der Waals surface area contributed by atoms with Crippen LogP contribution < -0.4 is 15.8 Å². The van der Waals surface area contributed by atoms with E-state index >= 15 is 0 Å². The SMILES string of the molecule is CCOc1cccc(N)c1C(=O)NCC1(OC)CCOC1. The molecule has 0 spiro atoms. The summed E-state index contributed by atoms with van der Waals surface area (Å²) in [7, 11) is 1.63. The maximum Gasteiger partial charge on any atom is 0.257 e. The van der Waals surface area contributed by atoms with Gasteiger partial charge < -0.3 is 25.3 Å². The van der Waals surface area contributed by atoms with Gasteiger partial charge >= 0.3 is 0 Å². The normalized spacial score (nSPS) is 21.2. The Balaban J connectivity index is 2.10. The highest BCUT2D eigenvalue weighted by Crippen LogP contribution is 2.25. The second-order valence-electron chi connectivity index (χ2n) is 5.03. The number of hydrogen-bond donors (Lipinski definition) is 2. The summed E-state index contributed by atoms with van der Waals surface area (Å²) in [5.41, 5.74) is 6.21. The van der Waals surface area contributed by atoms with Gasteiger partial charge in [-0.2, -0.15) is 0 Å². The van der Waals surface area contributed by atoms with Gasteiger partial charge in [0, 0.05) is 32.4 Å². The number of ether oxygens (including phenoxy) is 3. The van der Waals surface area contributed by atoms with Crippen molar-refractivity contribution in [2.24, 2.45) is 0 Å². The van der Waals surface area contributed by atoms with E-state index in [1.54, 1.807) is 25.3 Å². The first-order chi connectivity index (χ1) is 10.1. The molecule has 1 saturated heterocycles. The van der Waals surface area contributed by atoms with Crippen LogP contribution in [0.4, 0.5) is 5.69 Å². The quantitative estimate of drug-likeness (QED) is 0.770. The van der Waals surface area contributed by atoms with Crippen LogP contribution in [0.15, 0.2) is 18.2 Å². The molecule has 6 heteroatoms. The number of nitrogens with two attached hydrogens (primary N) is 1. The van der Waals surface area contributed by atoms with Crippen molar-refractivity contribution in [3.63, 3.8) is 0 Å². The Bertz CT molecular complexity index is 498. The second-order valence-corrected chi connectivity index (χ2v) is 5.03. The van der Waals surface area contributed by atoms with Crippen LogP contribution in [-0.2, 0) is 9.47 Å². The smallest absolute Gasteiger partial charge is 0.257 e. The number of hydrogen-bond acceptors (Lipinski definition) is 5. The Kier molecular flexibility index (Phi) is 5.03. The molecule has 0 bridgehead atoms. The number of nitrogens with one attached hydrogen (secondary N) is 1. The van der Waals surface area contributed by atoms with Gasteiger partial charge in [0.05, 0.1) is 13.2 Å². The van der Waals surface area contributed by atoms with Crippen LogP contribution in [0.5, 0.6) is 5.75 Å². The lowest BCUT2D eigenvalue weighted by Crippen LogP contribution is -2.45. The minimum absolute atomic E-state index is 0.264. The van der Waals surface area contributed by atoms with Crippen LogP contribution in [0.3, 0.4) is 0 Å². The zero-order valence-electron chi connectivity index (χ0n) is 12.5. The first-order valence-corrected chi connectivity index (χ1v) is 7.04. The van der Waals surface area contributed by atoms with Crippen LogP contribution >= 0.6 is 0 Å². The van der Waals surface area contributed by atoms with Gasteiger partial charge in [0.1, 0.15) is 16.9 Å². The maximum atomic E-state index is 12.4. The maximum absolute atomic E-state index is 12.4. The summed E-state index contributed by atoms with van der Waals surface area (Å²) in [6, 6.07) is 5.18. The summed E-state index contributed by atoms with van der Waals surface area (Å²) in [6.45, 7) is 3.83. The van der Waals surface area contributed by atoms with Crippen molar-refractivity contribution in [1.29, 1.82) is 0 Å². The van der Waals surface area contributed by atoms with Crippen LogP contribution in [0.2, 0.25) is 0 Å². The van der Waals surface area contributed by atoms with E-state index in [9.17, 15) is 4.79 Å². The van der Waals surface area contributed by atoms with E-state index in [-0.39, 0.29) is 5.91 Å². The van der Waals surface area contributed by atoms with Gasteiger partial charge in [-0.1, -0.05) is 6.07 Å². The predicted octanol–water partition coefficient (Wildman–Crippen LogP) is 1.20. The third-order valence-corrected chi connectivity index (χ3v) is 3.66. The van der Waals surface area contributed by atoms with Gasteiger partial charge in [0.2, 0.25) is 0 Å². The number of amides is 1. The summed E-state index contributed by atoms with van der Waals surface area (Å²) >= 11 is 0. The number of benzene rings is 1. The molecular weight excluding hydrogens is 272 g/mol. The molecule has 1 unspecified atom stereocenters. The summed E-state index contributed by atoms with van der Waals surface area (Å²) in [4.78, 5) is 12.4. The lowest BCUT2D eigenvalue weighted by molar-refractivity contribution is -0.0148. The molecule has 0 saturated carbocycles. The van der Waals surface area contributed by atoms with E-state index in [0.717, 1.165) is 6.42 Å². The molecular formula is C15H22N2O4. The molecule has 0 aliphatic carbocycles. The Morgan fingerprint density at radius 2 is 2.33 bits per heavy atom. The number of anilines is 1. The fraction of sp³-hybridized carbons (Fsp3) is 0.533. The standard InChI is InChI=1S/C15H22N2O4/c1-3-21-12-6-4-5-11(16)13(12)14(18)17-9-15(19-2)7-8-20-10-15/h4-6H,3,7-10,16H2,1-2H3,(H,17,18). The zero-order chi connectivity index (χ0) is 15.3. The number of rotatable bonds is 6. The number of nitrogen functional groups attached to an aromatic ring is 1. The average Bonchev–Trinajstić information content (AvgIpc) is 2.95. The van der Waals surface area contributed by atoms with E-state index < -0.39 is 5.60 Å². The lowest BCUT2D eigenvalue weighted by atomic mass is 10.0. The lowest BCUT2D eigenvalue weighted by Gasteiger charge is -2.26. The van der Waals surface area contributed by atoms with Crippen LogP contribution in [0.1, 0.15) is 23.7 Å². The largest absolute Gasteiger partial charge is 0.493 e. The molecule has 1 aromatic carbocycles. The fourth-order valence-corrected chi connectivity index (χ4v) is 2.36. The number of carbonyl (C=O) groups excluding carboxylic acids is 1. The van der Waals surface area contributed by atoms with E-state index in [1.807, 2.05) is 6.92 Å². The highest BCUT2D eigenvalue weighted by Gasteiger charge is 2.35. The summed E-state index contributed by atoms with van der Waals surface area (Å²) < 4.78 is 16.3. The van der Waals surface area contributed by atoms with E-state index in [1.165, 1.54) is 0 Å². The highest BCUT2D eigenvalue weighted by molar-refractivity contribution is 6.01. The molecule has 1 atom stereocenters. The van der Waals surface area contributed by atoms with Gasteiger partial charge in [-0.3, -0.25) is 4.79 Å². The summed E-state index contributed by atoms with van der Waals surface area (Å²) in [5, 5.41) is 2.87. The molecule has 1 fully saturated rings. The molecule has 1 aromatic rings. The molecule has 1 aliphatic rings. The third kappa shape index (κ3) is 3.46. The molecule has 1 heterocycles. The zero-order valence-corrected chi connectivity index (χ0v) is 12.5. The molecule has 116 valence electrons. The van der Waals surface area contributed by atoms with Gasteiger partial charge in [0.15, 0.2) is 0 Å². The van der Waals surface area contributed by atoms with Crippen molar-refractivity contribution in [2.45, 2.75) is 18.9 Å². The molecule has 0 radical (unpaired) electrons. The number of carbonyl (C=O) groups is 1. The van der Waals surface area contributed by atoms with Crippen molar-refractivity contribution in [3.8, 4) is 5.75 Å². The molecule has 2 rings (SSSR count). The predicted molar refractivity (Wildman–Crippen MR) is 79.5 cm³/mol. The molecule has 3 N–H and O–H groups in total. The molecule has 6 nitrogen and oxygen atoms in total. The molecule has 0 aromatic heterocycles. The Labute approximate surface area is 124 Å². The van der Waals surface area contributed by atoms with Gasteiger partial charge in [-0.05, 0) is 19.1 Å². The van der Waals surface area contributed by atoms with Crippen LogP contribution in [0, 0.1) is 0 Å². The second kappa shape index (κ2) is 6.78.